The monoisotopic (exact) mass is 862 g/mol. The number of hydrogen-bond acceptors (Lipinski definition) is 19. The average Bonchev–Trinajstić information content (AvgIpc) is 3.25. The number of anilines is 4. The molecule has 1 aliphatic rings. The maximum Gasteiger partial charge on any atom is 0.336 e. The standard InChI is InChI=1S/C20H21N7O5.C19H17N7O5/c1-10(28)2-7-14(19(31)32)25-17(29)11-3-5-12(6-4-11)22-8-13-9-23-16-15(24-13)18(30)27-20(21)26-16;20-19-25-15-14(17(29)26-19)23-11(8-22-15)7-21-10-3-1-9(2-4-10)16(28)24-12-5-6-13(27)31-18(12)30/h3-6,9,14,22H,2,7-8H2,1H3,(H,25,29)(H,31,32)(H3,21,23,26,27,30);1-4,8,12,21H,5-7H2,(H,24,28)(H3,20,22,25,26,29). The summed E-state index contributed by atoms with van der Waals surface area (Å²) in [6, 6.07) is 10.9. The molecule has 1 saturated heterocycles. The van der Waals surface area contributed by atoms with Gasteiger partial charge in [0.05, 0.1) is 36.9 Å². The van der Waals surface area contributed by atoms with Crippen molar-refractivity contribution in [1.82, 2.24) is 50.5 Å². The lowest BCUT2D eigenvalue weighted by molar-refractivity contribution is -0.165. The van der Waals surface area contributed by atoms with E-state index in [1.807, 2.05) is 0 Å². The number of nitrogens with one attached hydrogen (secondary N) is 6. The van der Waals surface area contributed by atoms with Crippen LogP contribution in [-0.4, -0.2) is 92.6 Å². The Morgan fingerprint density at radius 3 is 1.71 bits per heavy atom. The summed E-state index contributed by atoms with van der Waals surface area (Å²) in [6.45, 7) is 1.89. The molecular formula is C39H38N14O10. The van der Waals surface area contributed by atoms with E-state index in [1.165, 1.54) is 31.5 Å². The van der Waals surface area contributed by atoms with Gasteiger partial charge in [-0.05, 0) is 68.3 Å². The van der Waals surface area contributed by atoms with Gasteiger partial charge >= 0.3 is 17.9 Å². The molecule has 63 heavy (non-hydrogen) atoms. The Balaban J connectivity index is 0.000000210. The summed E-state index contributed by atoms with van der Waals surface area (Å²) in [6.07, 6.45) is 3.32. The molecule has 0 bridgehead atoms. The van der Waals surface area contributed by atoms with Crippen LogP contribution in [0.2, 0.25) is 0 Å². The second-order valence-electron chi connectivity index (χ2n) is 13.8. The molecule has 1 aliphatic heterocycles. The molecule has 11 N–H and O–H groups in total. The van der Waals surface area contributed by atoms with E-state index in [0.29, 0.717) is 28.3 Å². The van der Waals surface area contributed by atoms with Gasteiger partial charge in [0.25, 0.3) is 22.9 Å². The van der Waals surface area contributed by atoms with Gasteiger partial charge in [-0.2, -0.15) is 9.97 Å². The van der Waals surface area contributed by atoms with Crippen LogP contribution in [0.15, 0.2) is 70.5 Å². The Morgan fingerprint density at radius 1 is 0.762 bits per heavy atom. The number of benzene rings is 2. The molecule has 2 aromatic carbocycles. The molecule has 7 rings (SSSR count). The van der Waals surface area contributed by atoms with Crippen molar-refractivity contribution in [3.63, 3.8) is 0 Å². The number of aromatic nitrogens is 8. The van der Waals surface area contributed by atoms with Crippen LogP contribution in [0.1, 0.15) is 64.7 Å². The first-order valence-electron chi connectivity index (χ1n) is 18.9. The number of aromatic amines is 2. The van der Waals surface area contributed by atoms with Crippen LogP contribution >= 0.6 is 0 Å². The van der Waals surface area contributed by atoms with Gasteiger partial charge in [0, 0.05) is 35.3 Å². The highest BCUT2D eigenvalue weighted by Gasteiger charge is 2.30. The number of ether oxygens (including phenoxy) is 1. The zero-order valence-electron chi connectivity index (χ0n) is 33.1. The van der Waals surface area contributed by atoms with Gasteiger partial charge in [-0.3, -0.25) is 33.9 Å². The summed E-state index contributed by atoms with van der Waals surface area (Å²) < 4.78 is 4.52. The summed E-state index contributed by atoms with van der Waals surface area (Å²) in [5.41, 5.74) is 13.5. The van der Waals surface area contributed by atoms with E-state index in [-0.39, 0.29) is 84.3 Å². The minimum Gasteiger partial charge on any atom is -0.480 e. The highest BCUT2D eigenvalue weighted by Crippen LogP contribution is 2.15. The number of carbonyl (C=O) groups is 6. The Kier molecular flexibility index (Phi) is 13.6. The number of hydrogen-bond donors (Lipinski definition) is 9. The van der Waals surface area contributed by atoms with E-state index < -0.39 is 52.9 Å². The number of nitrogen functional groups attached to an aromatic ring is 2. The van der Waals surface area contributed by atoms with Gasteiger partial charge < -0.3 is 47.4 Å². The van der Waals surface area contributed by atoms with Crippen molar-refractivity contribution in [2.45, 2.75) is 57.8 Å². The number of aliphatic carboxylic acids is 1. The summed E-state index contributed by atoms with van der Waals surface area (Å²) in [4.78, 5) is 123. The van der Waals surface area contributed by atoms with Crippen LogP contribution in [0.3, 0.4) is 0 Å². The third kappa shape index (κ3) is 11.7. The van der Waals surface area contributed by atoms with Crippen LogP contribution in [-0.2, 0) is 37.0 Å². The van der Waals surface area contributed by atoms with Gasteiger partial charge in [0.1, 0.15) is 17.9 Å². The highest BCUT2D eigenvalue weighted by atomic mass is 16.6. The summed E-state index contributed by atoms with van der Waals surface area (Å²) in [7, 11) is 0. The predicted molar refractivity (Wildman–Crippen MR) is 223 cm³/mol. The van der Waals surface area contributed by atoms with Crippen molar-refractivity contribution in [2.75, 3.05) is 22.1 Å². The first-order chi connectivity index (χ1) is 30.1. The van der Waals surface area contributed by atoms with Gasteiger partial charge in [0.2, 0.25) is 11.9 Å². The SMILES string of the molecule is CC(=O)CCC(NC(=O)c1ccc(NCc2cnc3nc(N)[nH]c(=O)c3n2)cc1)C(=O)O.Nc1nc2ncc(CNc3ccc(C(=O)NC4CCC(=O)OC4=O)cc3)nc2c(=O)[nH]1. The molecule has 2 amide bonds. The zero-order chi connectivity index (χ0) is 45.2. The Labute approximate surface area is 353 Å². The number of cyclic esters (lactones) is 2. The van der Waals surface area contributed by atoms with Gasteiger partial charge in [0.15, 0.2) is 22.3 Å². The van der Waals surface area contributed by atoms with Gasteiger partial charge in [-0.15, -0.1) is 0 Å². The van der Waals surface area contributed by atoms with E-state index in [2.05, 4.69) is 65.9 Å². The topological polar surface area (TPSA) is 375 Å². The van der Waals surface area contributed by atoms with E-state index in [1.54, 1.807) is 36.4 Å². The summed E-state index contributed by atoms with van der Waals surface area (Å²) >= 11 is 0. The van der Waals surface area contributed by atoms with Crippen molar-refractivity contribution in [1.29, 1.82) is 0 Å². The van der Waals surface area contributed by atoms with E-state index >= 15 is 0 Å². The van der Waals surface area contributed by atoms with Crippen molar-refractivity contribution >= 4 is 81.1 Å². The van der Waals surface area contributed by atoms with E-state index in [9.17, 15) is 43.5 Å². The van der Waals surface area contributed by atoms with Crippen LogP contribution in [0.25, 0.3) is 22.3 Å². The number of fused-ring (bicyclic) bond motifs is 2. The number of H-pyrrole nitrogens is 2. The summed E-state index contributed by atoms with van der Waals surface area (Å²) in [5.74, 6) is -3.78. The lowest BCUT2D eigenvalue weighted by Gasteiger charge is -2.20. The van der Waals surface area contributed by atoms with Crippen LogP contribution in [0.4, 0.5) is 23.3 Å². The Hall–Kier alpha value is -8.70. The molecule has 324 valence electrons. The second-order valence-corrected chi connectivity index (χ2v) is 13.8. The second kappa shape index (κ2) is 19.6. The van der Waals surface area contributed by atoms with Crippen LogP contribution < -0.4 is 43.9 Å². The van der Waals surface area contributed by atoms with Crippen molar-refractivity contribution in [3.05, 3.63) is 104 Å². The van der Waals surface area contributed by atoms with Crippen LogP contribution in [0, 0.1) is 0 Å². The van der Waals surface area contributed by atoms with Crippen molar-refractivity contribution in [3.8, 4) is 0 Å². The van der Waals surface area contributed by atoms with Gasteiger partial charge in [-0.25, -0.2) is 29.5 Å². The zero-order valence-corrected chi connectivity index (χ0v) is 33.1. The molecule has 1 fully saturated rings. The fraction of sp³-hybridized carbons (Fsp3) is 0.231. The third-order valence-electron chi connectivity index (χ3n) is 9.04. The minimum atomic E-state index is -1.20. The molecule has 4 aromatic heterocycles. The molecule has 24 nitrogen and oxygen atoms in total. The quantitative estimate of drug-likeness (QED) is 0.0526. The maximum atomic E-state index is 12.3. The number of ketones is 1. The molecule has 2 atom stereocenters. The number of amides is 2. The fourth-order valence-corrected chi connectivity index (χ4v) is 5.81. The highest BCUT2D eigenvalue weighted by molar-refractivity contribution is 5.99. The molecule has 0 spiro atoms. The Bertz CT molecular complexity index is 2850. The first kappa shape index (κ1) is 43.9. The average molecular weight is 863 g/mol. The normalized spacial score (nSPS) is 13.8. The van der Waals surface area contributed by atoms with E-state index in [0.717, 1.165) is 0 Å². The minimum absolute atomic E-state index is 0.0216. The number of carbonyl (C=O) groups excluding carboxylic acids is 5. The van der Waals surface area contributed by atoms with Gasteiger partial charge in [-0.1, -0.05) is 0 Å². The van der Waals surface area contributed by atoms with Crippen molar-refractivity contribution in [2.24, 2.45) is 0 Å². The van der Waals surface area contributed by atoms with E-state index in [4.69, 9.17) is 11.5 Å². The lowest BCUT2D eigenvalue weighted by Crippen LogP contribution is -2.45. The smallest absolute Gasteiger partial charge is 0.336 e. The largest absolute Gasteiger partial charge is 0.480 e. The number of esters is 2. The Morgan fingerprint density at radius 2 is 1.25 bits per heavy atom. The number of rotatable bonds is 14. The molecule has 0 aliphatic carbocycles. The number of carboxylic acid groups (broad SMARTS) is 1. The molecule has 0 radical (unpaired) electrons. The molecule has 24 heteroatoms. The number of nitrogens with zero attached hydrogens (tertiary/aromatic N) is 6. The molecule has 6 aromatic rings. The molecular weight excluding hydrogens is 825 g/mol. The number of nitrogens with two attached hydrogens (primary N) is 2. The predicted octanol–water partition coefficient (Wildman–Crippen LogP) is 0.329. The maximum absolute atomic E-state index is 12.3. The number of carboxylic acids is 1. The lowest BCUT2D eigenvalue weighted by atomic mass is 10.1. The third-order valence-corrected chi connectivity index (χ3v) is 9.04. The molecule has 5 heterocycles. The molecule has 2 unspecified atom stereocenters. The number of Topliss-reactive ketones (excluding diaryl/α,β-unsaturated/α-hetero) is 1. The van der Waals surface area contributed by atoms with Crippen LogP contribution in [0.5, 0.6) is 0 Å². The van der Waals surface area contributed by atoms with Crippen molar-refractivity contribution < 1.29 is 38.6 Å². The molecule has 0 saturated carbocycles. The first-order valence-corrected chi connectivity index (χ1v) is 18.9. The fourth-order valence-electron chi connectivity index (χ4n) is 5.81. The summed E-state index contributed by atoms with van der Waals surface area (Å²) in [5, 5.41) is 20.4.